The van der Waals surface area contributed by atoms with E-state index in [1.165, 1.54) is 19.3 Å². The predicted octanol–water partition coefficient (Wildman–Crippen LogP) is 3.04. The molecule has 0 atom stereocenters. The third-order valence-electron chi connectivity index (χ3n) is 5.68. The van der Waals surface area contributed by atoms with Crippen LogP contribution in [0.1, 0.15) is 29.6 Å². The van der Waals surface area contributed by atoms with E-state index in [1.807, 2.05) is 35.4 Å². The van der Waals surface area contributed by atoms with Crippen molar-refractivity contribution in [2.45, 2.75) is 19.3 Å². The van der Waals surface area contributed by atoms with Crippen LogP contribution in [0, 0.1) is 0 Å². The number of rotatable bonds is 4. The zero-order chi connectivity index (χ0) is 19.3. The Morgan fingerprint density at radius 2 is 1.68 bits per heavy atom. The molecule has 2 aliphatic rings. The minimum Gasteiger partial charge on any atom is -0.495 e. The van der Waals surface area contributed by atoms with Gasteiger partial charge in [-0.1, -0.05) is 12.1 Å². The number of para-hydroxylation sites is 2. The van der Waals surface area contributed by atoms with Gasteiger partial charge in [-0.15, -0.1) is 0 Å². The van der Waals surface area contributed by atoms with Crippen molar-refractivity contribution in [2.75, 3.05) is 56.2 Å². The Morgan fingerprint density at radius 3 is 2.43 bits per heavy atom. The molecule has 2 fully saturated rings. The molecule has 0 radical (unpaired) electrons. The van der Waals surface area contributed by atoms with Gasteiger partial charge in [0.05, 0.1) is 30.2 Å². The van der Waals surface area contributed by atoms with E-state index in [0.717, 1.165) is 43.3 Å². The summed E-state index contributed by atoms with van der Waals surface area (Å²) in [7, 11) is 1.70. The Kier molecular flexibility index (Phi) is 5.65. The summed E-state index contributed by atoms with van der Waals surface area (Å²) in [5.41, 5.74) is 2.85. The van der Waals surface area contributed by atoms with Crippen molar-refractivity contribution < 1.29 is 9.53 Å². The van der Waals surface area contributed by atoms with Crippen LogP contribution < -0.4 is 14.5 Å². The molecular weight excluding hydrogens is 352 g/mol. The van der Waals surface area contributed by atoms with Crippen LogP contribution in [0.3, 0.4) is 0 Å². The number of nitrogens with zero attached hydrogens (tertiary/aromatic N) is 4. The molecule has 3 heterocycles. The van der Waals surface area contributed by atoms with Gasteiger partial charge < -0.3 is 19.4 Å². The molecule has 1 aromatic carbocycles. The van der Waals surface area contributed by atoms with Gasteiger partial charge in [0.25, 0.3) is 5.91 Å². The minimum absolute atomic E-state index is 0.0750. The van der Waals surface area contributed by atoms with E-state index in [1.54, 1.807) is 13.3 Å². The molecule has 4 rings (SSSR count). The quantitative estimate of drug-likeness (QED) is 0.816. The molecule has 0 saturated carbocycles. The van der Waals surface area contributed by atoms with E-state index in [4.69, 9.17) is 4.74 Å². The third kappa shape index (κ3) is 3.91. The molecule has 28 heavy (non-hydrogen) atoms. The standard InChI is InChI=1S/C22H28N4O2/c1-28-21-8-4-3-7-20(21)25-11-13-26(14-12-25)22(27)18-15-19(17-23-16-18)24-9-5-2-6-10-24/h3-4,7-8,15-17H,2,5-6,9-14H2,1H3. The van der Waals surface area contributed by atoms with Crippen molar-refractivity contribution in [1.82, 2.24) is 9.88 Å². The second-order valence-corrected chi connectivity index (χ2v) is 7.43. The fraction of sp³-hybridized carbons (Fsp3) is 0.455. The number of aromatic nitrogens is 1. The average molecular weight is 380 g/mol. The zero-order valence-corrected chi connectivity index (χ0v) is 16.5. The van der Waals surface area contributed by atoms with E-state index < -0.39 is 0 Å². The summed E-state index contributed by atoms with van der Waals surface area (Å²) in [4.78, 5) is 23.9. The lowest BCUT2D eigenvalue weighted by atomic mass is 10.1. The fourth-order valence-electron chi connectivity index (χ4n) is 4.09. The highest BCUT2D eigenvalue weighted by molar-refractivity contribution is 5.95. The van der Waals surface area contributed by atoms with Crippen LogP contribution >= 0.6 is 0 Å². The van der Waals surface area contributed by atoms with Crippen molar-refractivity contribution in [3.63, 3.8) is 0 Å². The molecule has 2 saturated heterocycles. The Hall–Kier alpha value is -2.76. The number of hydrogen-bond donors (Lipinski definition) is 0. The van der Waals surface area contributed by atoms with Crippen LogP contribution in [0.5, 0.6) is 5.75 Å². The van der Waals surface area contributed by atoms with Crippen LogP contribution in [0.2, 0.25) is 0 Å². The highest BCUT2D eigenvalue weighted by Gasteiger charge is 2.24. The molecule has 6 heteroatoms. The van der Waals surface area contributed by atoms with Crippen LogP contribution in [-0.4, -0.2) is 62.2 Å². The molecule has 0 bridgehead atoms. The van der Waals surface area contributed by atoms with Crippen molar-refractivity contribution in [3.05, 3.63) is 48.3 Å². The van der Waals surface area contributed by atoms with Crippen LogP contribution in [-0.2, 0) is 0 Å². The van der Waals surface area contributed by atoms with Gasteiger partial charge in [0.1, 0.15) is 5.75 Å². The highest BCUT2D eigenvalue weighted by Crippen LogP contribution is 2.28. The smallest absolute Gasteiger partial charge is 0.255 e. The molecule has 0 unspecified atom stereocenters. The van der Waals surface area contributed by atoms with Crippen LogP contribution in [0.25, 0.3) is 0 Å². The maximum absolute atomic E-state index is 13.0. The predicted molar refractivity (Wildman–Crippen MR) is 111 cm³/mol. The van der Waals surface area contributed by atoms with Crippen LogP contribution in [0.15, 0.2) is 42.7 Å². The fourth-order valence-corrected chi connectivity index (χ4v) is 4.09. The summed E-state index contributed by atoms with van der Waals surface area (Å²) in [6, 6.07) is 10.1. The van der Waals surface area contributed by atoms with Gasteiger partial charge in [-0.05, 0) is 37.5 Å². The first-order valence-corrected chi connectivity index (χ1v) is 10.1. The Labute approximate surface area is 166 Å². The molecule has 0 aliphatic carbocycles. The lowest BCUT2D eigenvalue weighted by Crippen LogP contribution is -2.49. The van der Waals surface area contributed by atoms with E-state index in [2.05, 4.69) is 20.9 Å². The van der Waals surface area contributed by atoms with Gasteiger partial charge >= 0.3 is 0 Å². The first-order valence-electron chi connectivity index (χ1n) is 10.1. The molecule has 148 valence electrons. The Balaban J connectivity index is 1.41. The van der Waals surface area contributed by atoms with Crippen molar-refractivity contribution in [1.29, 1.82) is 0 Å². The number of ether oxygens (including phenoxy) is 1. The molecule has 1 aromatic heterocycles. The summed E-state index contributed by atoms with van der Waals surface area (Å²) in [6.07, 6.45) is 7.29. The van der Waals surface area contributed by atoms with E-state index in [9.17, 15) is 4.79 Å². The van der Waals surface area contributed by atoms with E-state index in [0.29, 0.717) is 18.7 Å². The molecule has 0 N–H and O–H groups in total. The van der Waals surface area contributed by atoms with Gasteiger partial charge in [0.2, 0.25) is 0 Å². The van der Waals surface area contributed by atoms with E-state index >= 15 is 0 Å². The van der Waals surface area contributed by atoms with Crippen molar-refractivity contribution in [2.24, 2.45) is 0 Å². The number of carbonyl (C=O) groups excluding carboxylic acids is 1. The zero-order valence-electron chi connectivity index (χ0n) is 16.5. The number of benzene rings is 1. The summed E-state index contributed by atoms with van der Waals surface area (Å²) in [5.74, 6) is 0.951. The first kappa shape index (κ1) is 18.6. The number of piperazine rings is 1. The third-order valence-corrected chi connectivity index (χ3v) is 5.68. The monoisotopic (exact) mass is 380 g/mol. The summed E-state index contributed by atoms with van der Waals surface area (Å²) >= 11 is 0. The van der Waals surface area contributed by atoms with Gasteiger partial charge in [-0.2, -0.15) is 0 Å². The number of piperidine rings is 1. The molecule has 0 spiro atoms. The average Bonchev–Trinajstić information content (AvgIpc) is 2.79. The molecule has 1 amide bonds. The summed E-state index contributed by atoms with van der Waals surface area (Å²) in [5, 5.41) is 0. The molecule has 6 nitrogen and oxygen atoms in total. The van der Waals surface area contributed by atoms with Gasteiger partial charge in [0.15, 0.2) is 0 Å². The van der Waals surface area contributed by atoms with Crippen molar-refractivity contribution >= 4 is 17.3 Å². The number of carbonyl (C=O) groups is 1. The van der Waals surface area contributed by atoms with Crippen LogP contribution in [0.4, 0.5) is 11.4 Å². The molecule has 2 aromatic rings. The second kappa shape index (κ2) is 8.50. The lowest BCUT2D eigenvalue weighted by molar-refractivity contribution is 0.0746. The number of methoxy groups -OCH3 is 1. The van der Waals surface area contributed by atoms with Crippen molar-refractivity contribution in [3.8, 4) is 5.75 Å². The van der Waals surface area contributed by atoms with E-state index in [-0.39, 0.29) is 5.91 Å². The molecular formula is C22H28N4O2. The topological polar surface area (TPSA) is 48.9 Å². The number of anilines is 2. The normalized spacial score (nSPS) is 17.5. The summed E-state index contributed by atoms with van der Waals surface area (Å²) in [6.45, 7) is 5.10. The van der Waals surface area contributed by atoms with Gasteiger partial charge in [-0.25, -0.2) is 0 Å². The first-order chi connectivity index (χ1) is 13.8. The second-order valence-electron chi connectivity index (χ2n) is 7.43. The minimum atomic E-state index is 0.0750. The van der Waals surface area contributed by atoms with Gasteiger partial charge in [-0.3, -0.25) is 9.78 Å². The number of hydrogen-bond acceptors (Lipinski definition) is 5. The summed E-state index contributed by atoms with van der Waals surface area (Å²) < 4.78 is 5.48. The Bertz CT molecular complexity index is 812. The lowest BCUT2D eigenvalue weighted by Gasteiger charge is -2.36. The maximum atomic E-state index is 13.0. The number of amides is 1. The highest BCUT2D eigenvalue weighted by atomic mass is 16.5. The molecule has 2 aliphatic heterocycles. The SMILES string of the molecule is COc1ccccc1N1CCN(C(=O)c2cncc(N3CCCCC3)c2)CC1. The van der Waals surface area contributed by atoms with Gasteiger partial charge in [0, 0.05) is 45.5 Å². The Morgan fingerprint density at radius 1 is 0.929 bits per heavy atom. The number of pyridine rings is 1. The largest absolute Gasteiger partial charge is 0.495 e. The maximum Gasteiger partial charge on any atom is 0.255 e.